The van der Waals surface area contributed by atoms with Crippen LogP contribution in [-0.4, -0.2) is 30.9 Å². The number of rotatable bonds is 2. The van der Waals surface area contributed by atoms with E-state index in [0.29, 0.717) is 18.7 Å². The average molecular weight is 349 g/mol. The molecule has 0 spiro atoms. The van der Waals surface area contributed by atoms with Gasteiger partial charge in [-0.2, -0.15) is 0 Å². The molecule has 4 rings (SSSR count). The topological polar surface area (TPSA) is 52.7 Å². The minimum absolute atomic E-state index is 0.0261. The number of carbonyl (C=O) groups excluding carboxylic acids is 2. The van der Waals surface area contributed by atoms with Crippen molar-refractivity contribution in [3.05, 3.63) is 54.1 Å². The Hall–Kier alpha value is -2.82. The predicted octanol–water partition coefficient (Wildman–Crippen LogP) is 3.20. The largest absolute Gasteiger partial charge is 0.362 e. The Morgan fingerprint density at radius 1 is 1.12 bits per heavy atom. The van der Waals surface area contributed by atoms with Gasteiger partial charge in [0.25, 0.3) is 0 Å². The van der Waals surface area contributed by atoms with E-state index < -0.39 is 0 Å². The van der Waals surface area contributed by atoms with Gasteiger partial charge in [-0.25, -0.2) is 0 Å². The lowest BCUT2D eigenvalue weighted by Crippen LogP contribution is -2.46. The summed E-state index contributed by atoms with van der Waals surface area (Å²) in [5.41, 5.74) is 3.93. The molecule has 2 heterocycles. The summed E-state index contributed by atoms with van der Waals surface area (Å²) < 4.78 is 0. The van der Waals surface area contributed by atoms with Crippen molar-refractivity contribution in [1.29, 1.82) is 0 Å². The Labute approximate surface area is 153 Å². The summed E-state index contributed by atoms with van der Waals surface area (Å²) in [5, 5.41) is 2.91. The van der Waals surface area contributed by atoms with Crippen LogP contribution in [0.15, 0.2) is 48.5 Å². The molecule has 2 amide bonds. The van der Waals surface area contributed by atoms with Gasteiger partial charge < -0.3 is 15.1 Å². The Balaban J connectivity index is 1.63. The molecule has 1 unspecified atom stereocenters. The highest BCUT2D eigenvalue weighted by Gasteiger charge is 2.31. The molecule has 1 atom stereocenters. The van der Waals surface area contributed by atoms with Gasteiger partial charge in [0.1, 0.15) is 0 Å². The zero-order valence-electron chi connectivity index (χ0n) is 14.9. The van der Waals surface area contributed by atoms with E-state index in [-0.39, 0.29) is 17.9 Å². The zero-order chi connectivity index (χ0) is 18.1. The van der Waals surface area contributed by atoms with Crippen LogP contribution < -0.4 is 15.1 Å². The summed E-state index contributed by atoms with van der Waals surface area (Å²) in [6.45, 7) is 3.14. The van der Waals surface area contributed by atoms with E-state index in [9.17, 15) is 9.59 Å². The Bertz CT molecular complexity index is 849. The first-order chi connectivity index (χ1) is 12.6. The van der Waals surface area contributed by atoms with E-state index in [4.69, 9.17) is 0 Å². The molecule has 1 N–H and O–H groups in total. The molecule has 0 fully saturated rings. The number of benzene rings is 2. The van der Waals surface area contributed by atoms with Gasteiger partial charge >= 0.3 is 0 Å². The van der Waals surface area contributed by atoms with Crippen LogP contribution >= 0.6 is 0 Å². The quantitative estimate of drug-likeness (QED) is 0.906. The first-order valence-electron chi connectivity index (χ1n) is 9.17. The highest BCUT2D eigenvalue weighted by Crippen LogP contribution is 2.32. The van der Waals surface area contributed by atoms with E-state index in [0.717, 1.165) is 30.8 Å². The van der Waals surface area contributed by atoms with Crippen molar-refractivity contribution in [2.45, 2.75) is 32.2 Å². The highest BCUT2D eigenvalue weighted by molar-refractivity contribution is 6.05. The molecule has 0 bridgehead atoms. The Kier molecular flexibility index (Phi) is 4.37. The van der Waals surface area contributed by atoms with Crippen LogP contribution in [0.3, 0.4) is 0 Å². The molecular weight excluding hydrogens is 326 g/mol. The van der Waals surface area contributed by atoms with Crippen molar-refractivity contribution < 1.29 is 9.59 Å². The van der Waals surface area contributed by atoms with Gasteiger partial charge in [-0.15, -0.1) is 0 Å². The summed E-state index contributed by atoms with van der Waals surface area (Å²) in [7, 11) is 0. The normalized spacial score (nSPS) is 19.3. The van der Waals surface area contributed by atoms with E-state index in [1.165, 1.54) is 5.56 Å². The summed E-state index contributed by atoms with van der Waals surface area (Å²) in [6, 6.07) is 15.7. The van der Waals surface area contributed by atoms with Crippen molar-refractivity contribution in [3.8, 4) is 0 Å². The fourth-order valence-electron chi connectivity index (χ4n) is 3.98. The number of hydrogen-bond donors (Lipinski definition) is 1. The van der Waals surface area contributed by atoms with Gasteiger partial charge in [0.05, 0.1) is 17.9 Å². The molecule has 5 heteroatoms. The number of aryl methyl sites for hydroxylation is 1. The van der Waals surface area contributed by atoms with Crippen LogP contribution in [0.25, 0.3) is 0 Å². The first kappa shape index (κ1) is 16.6. The number of anilines is 3. The van der Waals surface area contributed by atoms with Gasteiger partial charge in [0, 0.05) is 24.7 Å². The van der Waals surface area contributed by atoms with Crippen LogP contribution in [0.2, 0.25) is 0 Å². The fraction of sp³-hybridized carbons (Fsp3) is 0.333. The van der Waals surface area contributed by atoms with Crippen LogP contribution in [0.4, 0.5) is 17.1 Å². The minimum atomic E-state index is -0.175. The Morgan fingerprint density at radius 3 is 2.69 bits per heavy atom. The second-order valence-corrected chi connectivity index (χ2v) is 7.04. The SMILES string of the molecule is CC1CC(=O)Nc2ccccc2N1C(=O)CN1CCCc2ccccc21. The molecule has 2 aliphatic rings. The van der Waals surface area contributed by atoms with Crippen molar-refractivity contribution in [3.63, 3.8) is 0 Å². The number of fused-ring (bicyclic) bond motifs is 2. The molecule has 0 saturated carbocycles. The van der Waals surface area contributed by atoms with Crippen molar-refractivity contribution in [1.82, 2.24) is 0 Å². The monoisotopic (exact) mass is 349 g/mol. The summed E-state index contributed by atoms with van der Waals surface area (Å²) >= 11 is 0. The molecule has 0 aliphatic carbocycles. The lowest BCUT2D eigenvalue weighted by Gasteiger charge is -2.34. The van der Waals surface area contributed by atoms with Gasteiger partial charge in [-0.3, -0.25) is 9.59 Å². The van der Waals surface area contributed by atoms with Gasteiger partial charge in [0.15, 0.2) is 0 Å². The second-order valence-electron chi connectivity index (χ2n) is 7.04. The zero-order valence-corrected chi connectivity index (χ0v) is 14.9. The smallest absolute Gasteiger partial charge is 0.246 e. The van der Waals surface area contributed by atoms with E-state index in [1.54, 1.807) is 4.90 Å². The van der Waals surface area contributed by atoms with Gasteiger partial charge in [-0.1, -0.05) is 30.3 Å². The maximum absolute atomic E-state index is 13.3. The number of carbonyl (C=O) groups is 2. The molecule has 0 saturated heterocycles. The number of para-hydroxylation sites is 3. The first-order valence-corrected chi connectivity index (χ1v) is 9.17. The molecule has 26 heavy (non-hydrogen) atoms. The van der Waals surface area contributed by atoms with Crippen molar-refractivity contribution in [2.75, 3.05) is 28.2 Å². The van der Waals surface area contributed by atoms with Crippen LogP contribution in [0.1, 0.15) is 25.3 Å². The van der Waals surface area contributed by atoms with E-state index in [1.807, 2.05) is 37.3 Å². The maximum Gasteiger partial charge on any atom is 0.246 e. The number of hydrogen-bond acceptors (Lipinski definition) is 3. The minimum Gasteiger partial charge on any atom is -0.362 e. The molecule has 2 aromatic carbocycles. The molecule has 2 aromatic rings. The summed E-state index contributed by atoms with van der Waals surface area (Å²) in [6.07, 6.45) is 2.41. The molecular formula is C21H23N3O2. The average Bonchev–Trinajstić information content (AvgIpc) is 2.76. The molecule has 0 radical (unpaired) electrons. The van der Waals surface area contributed by atoms with Crippen LogP contribution in [-0.2, 0) is 16.0 Å². The van der Waals surface area contributed by atoms with Crippen molar-refractivity contribution in [2.24, 2.45) is 0 Å². The third kappa shape index (κ3) is 3.05. The van der Waals surface area contributed by atoms with E-state index in [2.05, 4.69) is 28.4 Å². The van der Waals surface area contributed by atoms with Crippen molar-refractivity contribution >= 4 is 28.9 Å². The molecule has 2 aliphatic heterocycles. The summed E-state index contributed by atoms with van der Waals surface area (Å²) in [5.74, 6) is -0.0262. The van der Waals surface area contributed by atoms with E-state index >= 15 is 0 Å². The maximum atomic E-state index is 13.3. The molecule has 134 valence electrons. The van der Waals surface area contributed by atoms with Gasteiger partial charge in [0.2, 0.25) is 11.8 Å². The molecule has 0 aromatic heterocycles. The highest BCUT2D eigenvalue weighted by atomic mass is 16.2. The standard InChI is InChI=1S/C21H23N3O2/c1-15-13-20(25)22-17-9-3-5-11-19(17)24(15)21(26)14-23-12-6-8-16-7-2-4-10-18(16)23/h2-5,7,9-11,15H,6,8,12-14H2,1H3,(H,22,25). The Morgan fingerprint density at radius 2 is 1.85 bits per heavy atom. The number of nitrogens with zero attached hydrogens (tertiary/aromatic N) is 2. The second kappa shape index (κ2) is 6.83. The summed E-state index contributed by atoms with van der Waals surface area (Å²) in [4.78, 5) is 29.3. The lowest BCUT2D eigenvalue weighted by molar-refractivity contribution is -0.118. The third-order valence-electron chi connectivity index (χ3n) is 5.16. The third-order valence-corrected chi connectivity index (χ3v) is 5.16. The molecule has 5 nitrogen and oxygen atoms in total. The number of amides is 2. The fourth-order valence-corrected chi connectivity index (χ4v) is 3.98. The van der Waals surface area contributed by atoms with Crippen LogP contribution in [0.5, 0.6) is 0 Å². The van der Waals surface area contributed by atoms with Crippen LogP contribution in [0, 0.1) is 0 Å². The predicted molar refractivity (Wildman–Crippen MR) is 104 cm³/mol. The van der Waals surface area contributed by atoms with Gasteiger partial charge in [-0.05, 0) is 43.5 Å². The number of nitrogens with one attached hydrogen (secondary N) is 1. The lowest BCUT2D eigenvalue weighted by atomic mass is 10.0.